The summed E-state index contributed by atoms with van der Waals surface area (Å²) in [6.45, 7) is 0. The van der Waals surface area contributed by atoms with Gasteiger partial charge in [0.05, 0.1) is 17.4 Å². The molecule has 29 heavy (non-hydrogen) atoms. The molecule has 2 atom stereocenters. The van der Waals surface area contributed by atoms with Crippen molar-refractivity contribution in [2.75, 3.05) is 5.32 Å². The number of hydrogen-bond donors (Lipinski definition) is 3. The molecular weight excluding hydrogens is 388 g/mol. The number of carboxylic acid groups (broad SMARTS) is 1. The highest BCUT2D eigenvalue weighted by molar-refractivity contribution is 7.17. The molecule has 7 heteroatoms. The molecule has 1 heterocycles. The quantitative estimate of drug-likeness (QED) is 0.634. The summed E-state index contributed by atoms with van der Waals surface area (Å²) in [6.07, 6.45) is 12.7. The highest BCUT2D eigenvalue weighted by Gasteiger charge is 2.35. The van der Waals surface area contributed by atoms with Gasteiger partial charge in [-0.15, -0.1) is 11.3 Å². The van der Waals surface area contributed by atoms with Gasteiger partial charge in [-0.2, -0.15) is 0 Å². The van der Waals surface area contributed by atoms with Gasteiger partial charge in [-0.3, -0.25) is 14.4 Å². The number of fused-ring (bicyclic) bond motifs is 1. The molecule has 3 N–H and O–H groups in total. The second-order valence-corrected chi connectivity index (χ2v) is 9.46. The Bertz CT molecular complexity index is 838. The van der Waals surface area contributed by atoms with Crippen LogP contribution in [-0.4, -0.2) is 28.9 Å². The molecule has 1 aromatic heterocycles. The lowest BCUT2D eigenvalue weighted by atomic mass is 9.82. The van der Waals surface area contributed by atoms with Crippen molar-refractivity contribution in [1.29, 1.82) is 0 Å². The number of aliphatic carboxylic acids is 1. The zero-order chi connectivity index (χ0) is 20.4. The number of carboxylic acids is 1. The van der Waals surface area contributed by atoms with Gasteiger partial charge in [-0.25, -0.2) is 0 Å². The number of rotatable bonds is 5. The topological polar surface area (TPSA) is 95.5 Å². The van der Waals surface area contributed by atoms with Gasteiger partial charge < -0.3 is 15.7 Å². The largest absolute Gasteiger partial charge is 0.481 e. The lowest BCUT2D eigenvalue weighted by molar-refractivity contribution is -0.146. The molecule has 156 valence electrons. The van der Waals surface area contributed by atoms with E-state index in [4.69, 9.17) is 0 Å². The summed E-state index contributed by atoms with van der Waals surface area (Å²) in [5.41, 5.74) is 1.69. The van der Waals surface area contributed by atoms with E-state index in [-0.39, 0.29) is 17.9 Å². The number of amides is 2. The summed E-state index contributed by atoms with van der Waals surface area (Å²) in [4.78, 5) is 38.9. The third-order valence-corrected chi connectivity index (χ3v) is 7.62. The fourth-order valence-corrected chi connectivity index (χ4v) is 6.09. The minimum Gasteiger partial charge on any atom is -0.481 e. The molecule has 0 saturated heterocycles. The van der Waals surface area contributed by atoms with Gasteiger partial charge in [-0.1, -0.05) is 25.0 Å². The number of hydrogen-bond acceptors (Lipinski definition) is 4. The predicted octanol–water partition coefficient (Wildman–Crippen LogP) is 3.90. The van der Waals surface area contributed by atoms with E-state index < -0.39 is 17.8 Å². The molecule has 0 aliphatic heterocycles. The first-order chi connectivity index (χ1) is 14.0. The molecule has 1 fully saturated rings. The molecular formula is C22H28N2O4S. The van der Waals surface area contributed by atoms with Crippen LogP contribution >= 0.6 is 11.3 Å². The maximum Gasteiger partial charge on any atom is 0.307 e. The second kappa shape index (κ2) is 8.69. The highest BCUT2D eigenvalue weighted by Crippen LogP contribution is 2.39. The molecule has 0 aromatic carbocycles. The molecule has 0 unspecified atom stereocenters. The fraction of sp³-hybridized carbons (Fsp3) is 0.591. The highest BCUT2D eigenvalue weighted by atomic mass is 32.1. The maximum atomic E-state index is 13.1. The van der Waals surface area contributed by atoms with Crippen molar-refractivity contribution in [2.45, 2.75) is 70.3 Å². The Labute approximate surface area is 174 Å². The number of carbonyl (C=O) groups excluding carboxylic acids is 2. The number of thiophene rings is 1. The van der Waals surface area contributed by atoms with Crippen LogP contribution in [-0.2, 0) is 22.4 Å². The van der Waals surface area contributed by atoms with Gasteiger partial charge in [-0.05, 0) is 56.9 Å². The number of anilines is 1. The van der Waals surface area contributed by atoms with Crippen LogP contribution in [0.3, 0.4) is 0 Å². The number of allylic oxidation sites excluding steroid dienone is 2. The SMILES string of the molecule is O=C(NC1CCCC1)c1c(NC(=O)[C@H]2CC=CC[C@@H]2C(=O)O)sc2c1CCCC2. The summed E-state index contributed by atoms with van der Waals surface area (Å²) in [6, 6.07) is 0.213. The molecule has 0 bridgehead atoms. The van der Waals surface area contributed by atoms with Crippen molar-refractivity contribution in [3.8, 4) is 0 Å². The Hall–Kier alpha value is -2.15. The Morgan fingerprint density at radius 1 is 0.966 bits per heavy atom. The Balaban J connectivity index is 1.58. The van der Waals surface area contributed by atoms with E-state index in [1.54, 1.807) is 0 Å². The lowest BCUT2D eigenvalue weighted by Crippen LogP contribution is -2.36. The summed E-state index contributed by atoms with van der Waals surface area (Å²) >= 11 is 1.49. The van der Waals surface area contributed by atoms with Gasteiger partial charge >= 0.3 is 5.97 Å². The van der Waals surface area contributed by atoms with Crippen molar-refractivity contribution < 1.29 is 19.5 Å². The van der Waals surface area contributed by atoms with Crippen LogP contribution in [0.1, 0.15) is 72.2 Å². The number of carbonyl (C=O) groups is 3. The molecule has 1 saturated carbocycles. The summed E-state index contributed by atoms with van der Waals surface area (Å²) in [5.74, 6) is -2.66. The first kappa shape index (κ1) is 20.1. The molecule has 6 nitrogen and oxygen atoms in total. The molecule has 4 rings (SSSR count). The van der Waals surface area contributed by atoms with Gasteiger partial charge in [0.25, 0.3) is 5.91 Å². The summed E-state index contributed by atoms with van der Waals surface area (Å²) in [7, 11) is 0. The first-order valence-electron chi connectivity index (χ1n) is 10.7. The molecule has 3 aliphatic carbocycles. The maximum absolute atomic E-state index is 13.1. The van der Waals surface area contributed by atoms with E-state index in [1.165, 1.54) is 16.2 Å². The van der Waals surface area contributed by atoms with E-state index in [0.717, 1.165) is 56.9 Å². The van der Waals surface area contributed by atoms with E-state index in [2.05, 4.69) is 10.6 Å². The second-order valence-electron chi connectivity index (χ2n) is 8.35. The van der Waals surface area contributed by atoms with E-state index >= 15 is 0 Å². The third kappa shape index (κ3) is 4.25. The number of nitrogens with one attached hydrogen (secondary N) is 2. The zero-order valence-electron chi connectivity index (χ0n) is 16.5. The Morgan fingerprint density at radius 2 is 1.66 bits per heavy atom. The van der Waals surface area contributed by atoms with E-state index in [9.17, 15) is 19.5 Å². The van der Waals surface area contributed by atoms with Crippen molar-refractivity contribution in [2.24, 2.45) is 11.8 Å². The lowest BCUT2D eigenvalue weighted by Gasteiger charge is -2.24. The van der Waals surface area contributed by atoms with Crippen LogP contribution in [0.5, 0.6) is 0 Å². The van der Waals surface area contributed by atoms with Crippen molar-refractivity contribution in [1.82, 2.24) is 5.32 Å². The predicted molar refractivity (Wildman–Crippen MR) is 112 cm³/mol. The van der Waals surface area contributed by atoms with E-state index in [1.807, 2.05) is 12.2 Å². The van der Waals surface area contributed by atoms with Crippen molar-refractivity contribution in [3.63, 3.8) is 0 Å². The monoisotopic (exact) mass is 416 g/mol. The van der Waals surface area contributed by atoms with Gasteiger partial charge in [0.1, 0.15) is 5.00 Å². The summed E-state index contributed by atoms with van der Waals surface area (Å²) < 4.78 is 0. The van der Waals surface area contributed by atoms with Gasteiger partial charge in [0.15, 0.2) is 0 Å². The average Bonchev–Trinajstić information content (AvgIpc) is 3.34. The molecule has 0 radical (unpaired) electrons. The first-order valence-corrected chi connectivity index (χ1v) is 11.5. The minimum atomic E-state index is -0.945. The van der Waals surface area contributed by atoms with Crippen LogP contribution in [0.4, 0.5) is 5.00 Å². The Kier molecular flexibility index (Phi) is 6.04. The summed E-state index contributed by atoms with van der Waals surface area (Å²) in [5, 5.41) is 16.2. The molecule has 1 aromatic rings. The van der Waals surface area contributed by atoms with Crippen LogP contribution < -0.4 is 10.6 Å². The van der Waals surface area contributed by atoms with Gasteiger partial charge in [0.2, 0.25) is 5.91 Å². The minimum absolute atomic E-state index is 0.0927. The van der Waals surface area contributed by atoms with Crippen molar-refractivity contribution >= 4 is 34.1 Å². The fourth-order valence-electron chi connectivity index (χ4n) is 4.80. The van der Waals surface area contributed by atoms with Crippen LogP contribution in [0.15, 0.2) is 12.2 Å². The number of aryl methyl sites for hydroxylation is 1. The smallest absolute Gasteiger partial charge is 0.307 e. The molecule has 3 aliphatic rings. The molecule has 2 amide bonds. The molecule has 0 spiro atoms. The van der Waals surface area contributed by atoms with Crippen LogP contribution in [0.2, 0.25) is 0 Å². The van der Waals surface area contributed by atoms with Crippen LogP contribution in [0, 0.1) is 11.8 Å². The standard InChI is InChI=1S/C22H28N2O4S/c25-19(14-9-3-4-10-15(14)22(27)28)24-21-18(16-11-5-6-12-17(16)29-21)20(26)23-13-7-1-2-8-13/h3-4,13-15H,1-2,5-12H2,(H,23,26)(H,24,25)(H,27,28)/t14-,15-/m0/s1. The average molecular weight is 417 g/mol. The third-order valence-electron chi connectivity index (χ3n) is 6.41. The normalized spacial score (nSPS) is 24.1. The van der Waals surface area contributed by atoms with Gasteiger partial charge in [0, 0.05) is 10.9 Å². The van der Waals surface area contributed by atoms with Crippen molar-refractivity contribution in [3.05, 3.63) is 28.2 Å². The zero-order valence-corrected chi connectivity index (χ0v) is 17.4. The van der Waals surface area contributed by atoms with E-state index in [0.29, 0.717) is 23.4 Å². The Morgan fingerprint density at radius 3 is 2.38 bits per heavy atom. The van der Waals surface area contributed by atoms with Crippen LogP contribution in [0.25, 0.3) is 0 Å².